The summed E-state index contributed by atoms with van der Waals surface area (Å²) in [5.41, 5.74) is 2.51. The van der Waals surface area contributed by atoms with Crippen molar-refractivity contribution in [3.8, 4) is 5.75 Å². The lowest BCUT2D eigenvalue weighted by Crippen LogP contribution is -2.41. The van der Waals surface area contributed by atoms with Crippen LogP contribution in [0.25, 0.3) is 0 Å². The molecule has 0 aliphatic carbocycles. The maximum absolute atomic E-state index is 5.86. The monoisotopic (exact) mass is 291 g/mol. The fourth-order valence-corrected chi connectivity index (χ4v) is 3.08. The number of ether oxygens (including phenoxy) is 2. The van der Waals surface area contributed by atoms with E-state index in [1.165, 1.54) is 11.1 Å². The molecule has 1 heterocycles. The van der Waals surface area contributed by atoms with Crippen LogP contribution in [0.1, 0.15) is 50.8 Å². The molecule has 0 spiro atoms. The molecule has 0 amide bonds. The second kappa shape index (κ2) is 7.28. The molecule has 1 aliphatic heterocycles. The Kier molecular flexibility index (Phi) is 5.65. The second-order valence-corrected chi connectivity index (χ2v) is 6.51. The Morgan fingerprint density at radius 2 is 2.05 bits per heavy atom. The molecule has 1 fully saturated rings. The molecular formula is C18H29NO2. The lowest BCUT2D eigenvalue weighted by molar-refractivity contribution is -0.0257. The summed E-state index contributed by atoms with van der Waals surface area (Å²) in [6.45, 7) is 9.67. The largest absolute Gasteiger partial charge is 0.496 e. The molecule has 21 heavy (non-hydrogen) atoms. The molecule has 3 atom stereocenters. The van der Waals surface area contributed by atoms with E-state index < -0.39 is 0 Å². The Morgan fingerprint density at radius 1 is 1.29 bits per heavy atom. The first kappa shape index (κ1) is 16.3. The molecule has 1 aliphatic rings. The summed E-state index contributed by atoms with van der Waals surface area (Å²) in [6.07, 6.45) is 2.56. The standard InChI is InChI=1S/C18H29NO2/c1-12(2)18-11-15(8-9-21-18)19-14(4)16-10-13(3)6-7-17(16)20-5/h6-7,10,12,14-15,18-19H,8-9,11H2,1-5H3. The molecule has 0 radical (unpaired) electrons. The number of aryl methyl sites for hydroxylation is 1. The van der Waals surface area contributed by atoms with E-state index in [1.807, 2.05) is 0 Å². The van der Waals surface area contributed by atoms with Crippen LogP contribution < -0.4 is 10.1 Å². The van der Waals surface area contributed by atoms with E-state index in [9.17, 15) is 0 Å². The van der Waals surface area contributed by atoms with E-state index in [-0.39, 0.29) is 6.04 Å². The van der Waals surface area contributed by atoms with Gasteiger partial charge in [-0.15, -0.1) is 0 Å². The van der Waals surface area contributed by atoms with Crippen molar-refractivity contribution in [2.75, 3.05) is 13.7 Å². The molecular weight excluding hydrogens is 262 g/mol. The zero-order valence-corrected chi connectivity index (χ0v) is 14.0. The van der Waals surface area contributed by atoms with Gasteiger partial charge in [0.05, 0.1) is 13.2 Å². The Morgan fingerprint density at radius 3 is 2.71 bits per heavy atom. The van der Waals surface area contributed by atoms with Gasteiger partial charge in [0.1, 0.15) is 5.75 Å². The van der Waals surface area contributed by atoms with Gasteiger partial charge >= 0.3 is 0 Å². The van der Waals surface area contributed by atoms with E-state index in [0.717, 1.165) is 25.2 Å². The van der Waals surface area contributed by atoms with Crippen LogP contribution in [0.15, 0.2) is 18.2 Å². The highest BCUT2D eigenvalue weighted by Crippen LogP contribution is 2.28. The fraction of sp³-hybridized carbons (Fsp3) is 0.667. The third kappa shape index (κ3) is 4.21. The minimum Gasteiger partial charge on any atom is -0.496 e. The molecule has 2 rings (SSSR count). The third-order valence-corrected chi connectivity index (χ3v) is 4.40. The van der Waals surface area contributed by atoms with Gasteiger partial charge in [-0.05, 0) is 38.7 Å². The van der Waals surface area contributed by atoms with Crippen LogP contribution in [0, 0.1) is 12.8 Å². The molecule has 0 saturated carbocycles. The molecule has 3 heteroatoms. The zero-order valence-electron chi connectivity index (χ0n) is 14.0. The van der Waals surface area contributed by atoms with Crippen molar-refractivity contribution in [1.82, 2.24) is 5.32 Å². The summed E-state index contributed by atoms with van der Waals surface area (Å²) in [7, 11) is 1.74. The number of rotatable bonds is 5. The van der Waals surface area contributed by atoms with Gasteiger partial charge in [0.15, 0.2) is 0 Å². The van der Waals surface area contributed by atoms with E-state index >= 15 is 0 Å². The van der Waals surface area contributed by atoms with E-state index in [0.29, 0.717) is 18.1 Å². The van der Waals surface area contributed by atoms with Crippen LogP contribution in [0.2, 0.25) is 0 Å². The van der Waals surface area contributed by atoms with Gasteiger partial charge in [0.2, 0.25) is 0 Å². The third-order valence-electron chi connectivity index (χ3n) is 4.40. The van der Waals surface area contributed by atoms with Gasteiger partial charge in [0, 0.05) is 24.3 Å². The molecule has 3 unspecified atom stereocenters. The van der Waals surface area contributed by atoms with Crippen LogP contribution in [0.4, 0.5) is 0 Å². The highest BCUT2D eigenvalue weighted by Gasteiger charge is 2.26. The maximum Gasteiger partial charge on any atom is 0.123 e. The lowest BCUT2D eigenvalue weighted by atomic mass is 9.94. The summed E-state index contributed by atoms with van der Waals surface area (Å²) < 4.78 is 11.4. The van der Waals surface area contributed by atoms with Crippen molar-refractivity contribution in [1.29, 1.82) is 0 Å². The Hall–Kier alpha value is -1.06. The summed E-state index contributed by atoms with van der Waals surface area (Å²) in [5, 5.41) is 3.76. The number of nitrogens with one attached hydrogen (secondary N) is 1. The van der Waals surface area contributed by atoms with Crippen LogP contribution >= 0.6 is 0 Å². The van der Waals surface area contributed by atoms with Crippen molar-refractivity contribution < 1.29 is 9.47 Å². The van der Waals surface area contributed by atoms with Gasteiger partial charge in [-0.1, -0.05) is 31.5 Å². The highest BCUT2D eigenvalue weighted by molar-refractivity contribution is 5.38. The second-order valence-electron chi connectivity index (χ2n) is 6.51. The summed E-state index contributed by atoms with van der Waals surface area (Å²) in [5.74, 6) is 1.55. The topological polar surface area (TPSA) is 30.5 Å². The van der Waals surface area contributed by atoms with Crippen LogP contribution in [0.5, 0.6) is 5.75 Å². The average molecular weight is 291 g/mol. The first-order chi connectivity index (χ1) is 10.0. The maximum atomic E-state index is 5.86. The molecule has 118 valence electrons. The van der Waals surface area contributed by atoms with Crippen LogP contribution in [-0.4, -0.2) is 25.9 Å². The molecule has 0 aromatic heterocycles. The number of hydrogen-bond acceptors (Lipinski definition) is 3. The number of hydrogen-bond donors (Lipinski definition) is 1. The Bertz CT molecular complexity index is 459. The normalized spacial score (nSPS) is 24.1. The van der Waals surface area contributed by atoms with Gasteiger partial charge < -0.3 is 14.8 Å². The molecule has 1 N–H and O–H groups in total. The van der Waals surface area contributed by atoms with Gasteiger partial charge in [-0.3, -0.25) is 0 Å². The van der Waals surface area contributed by atoms with E-state index in [1.54, 1.807) is 7.11 Å². The molecule has 3 nitrogen and oxygen atoms in total. The van der Waals surface area contributed by atoms with Crippen molar-refractivity contribution in [2.24, 2.45) is 5.92 Å². The minimum absolute atomic E-state index is 0.288. The lowest BCUT2D eigenvalue weighted by Gasteiger charge is -2.34. The first-order valence-electron chi connectivity index (χ1n) is 8.03. The molecule has 0 bridgehead atoms. The highest BCUT2D eigenvalue weighted by atomic mass is 16.5. The number of benzene rings is 1. The Labute approximate surface area is 129 Å². The van der Waals surface area contributed by atoms with E-state index in [4.69, 9.17) is 9.47 Å². The SMILES string of the molecule is COc1ccc(C)cc1C(C)NC1CCOC(C(C)C)C1. The van der Waals surface area contributed by atoms with Crippen molar-refractivity contribution in [3.63, 3.8) is 0 Å². The minimum atomic E-state index is 0.288. The van der Waals surface area contributed by atoms with Crippen LogP contribution in [0.3, 0.4) is 0 Å². The predicted octanol–water partition coefficient (Wildman–Crippen LogP) is 3.86. The predicted molar refractivity (Wildman–Crippen MR) is 86.9 cm³/mol. The number of methoxy groups -OCH3 is 1. The molecule has 1 aromatic rings. The average Bonchev–Trinajstić information content (AvgIpc) is 2.47. The van der Waals surface area contributed by atoms with Crippen molar-refractivity contribution in [2.45, 2.75) is 58.7 Å². The van der Waals surface area contributed by atoms with Crippen molar-refractivity contribution >= 4 is 0 Å². The Balaban J connectivity index is 2.04. The summed E-state index contributed by atoms with van der Waals surface area (Å²) in [4.78, 5) is 0. The summed E-state index contributed by atoms with van der Waals surface area (Å²) in [6, 6.07) is 7.18. The fourth-order valence-electron chi connectivity index (χ4n) is 3.08. The zero-order chi connectivity index (χ0) is 15.4. The van der Waals surface area contributed by atoms with Gasteiger partial charge in [-0.2, -0.15) is 0 Å². The first-order valence-corrected chi connectivity index (χ1v) is 8.03. The molecule has 1 saturated heterocycles. The summed E-state index contributed by atoms with van der Waals surface area (Å²) >= 11 is 0. The van der Waals surface area contributed by atoms with E-state index in [2.05, 4.69) is 51.2 Å². The van der Waals surface area contributed by atoms with Gasteiger partial charge in [0.25, 0.3) is 0 Å². The smallest absolute Gasteiger partial charge is 0.123 e. The van der Waals surface area contributed by atoms with Crippen molar-refractivity contribution in [3.05, 3.63) is 29.3 Å². The van der Waals surface area contributed by atoms with Gasteiger partial charge in [-0.25, -0.2) is 0 Å². The quantitative estimate of drug-likeness (QED) is 0.893. The molecule has 1 aromatic carbocycles. The van der Waals surface area contributed by atoms with Crippen LogP contribution in [-0.2, 0) is 4.74 Å².